The van der Waals surface area contributed by atoms with Crippen molar-refractivity contribution < 1.29 is 0 Å². The topological polar surface area (TPSA) is 52.0 Å². The van der Waals surface area contributed by atoms with Crippen LogP contribution in [0.4, 0.5) is 5.82 Å². The van der Waals surface area contributed by atoms with Gasteiger partial charge in [0, 0.05) is 25.3 Å². The van der Waals surface area contributed by atoms with Crippen LogP contribution in [0.3, 0.4) is 0 Å². The van der Waals surface area contributed by atoms with Crippen LogP contribution in [0, 0.1) is 11.3 Å². The van der Waals surface area contributed by atoms with Crippen LogP contribution in [-0.4, -0.2) is 24.6 Å². The van der Waals surface area contributed by atoms with Crippen LogP contribution in [0.1, 0.15) is 45.2 Å². The van der Waals surface area contributed by atoms with Gasteiger partial charge in [-0.15, -0.1) is 0 Å². The molecule has 1 rings (SSSR count). The molecule has 1 aromatic heterocycles. The summed E-state index contributed by atoms with van der Waals surface area (Å²) < 4.78 is 0. The Morgan fingerprint density at radius 2 is 2.26 bits per heavy atom. The molecule has 0 aromatic carbocycles. The van der Waals surface area contributed by atoms with Crippen LogP contribution in [0.15, 0.2) is 18.3 Å². The van der Waals surface area contributed by atoms with Gasteiger partial charge in [0.25, 0.3) is 0 Å². The Bertz CT molecular complexity index is 411. The molecule has 19 heavy (non-hydrogen) atoms. The fraction of sp³-hybridized carbons (Fsp3) is 0.600. The Balaban J connectivity index is 2.77. The van der Waals surface area contributed by atoms with E-state index in [2.05, 4.69) is 54.2 Å². The number of aromatic nitrogens is 1. The third-order valence-electron chi connectivity index (χ3n) is 3.17. The normalized spacial score (nSPS) is 11.9. The minimum Gasteiger partial charge on any atom is -0.356 e. The molecule has 4 heteroatoms. The molecule has 1 N–H and O–H groups in total. The molecule has 0 aliphatic rings. The maximum atomic E-state index is 8.69. The molecule has 1 unspecified atom stereocenters. The third kappa shape index (κ3) is 4.88. The van der Waals surface area contributed by atoms with Crippen LogP contribution in [-0.2, 0) is 0 Å². The number of anilines is 1. The number of hydrogen-bond acceptors (Lipinski definition) is 4. The fourth-order valence-electron chi connectivity index (χ4n) is 1.97. The van der Waals surface area contributed by atoms with Crippen LogP contribution in [0.5, 0.6) is 0 Å². The Morgan fingerprint density at radius 3 is 2.89 bits per heavy atom. The molecule has 0 radical (unpaired) electrons. The summed E-state index contributed by atoms with van der Waals surface area (Å²) in [5.74, 6) is 0.959. The highest BCUT2D eigenvalue weighted by Gasteiger charge is 2.09. The lowest BCUT2D eigenvalue weighted by Crippen LogP contribution is -2.25. The third-order valence-corrected chi connectivity index (χ3v) is 3.17. The predicted molar refractivity (Wildman–Crippen MR) is 79.1 cm³/mol. The molecule has 4 nitrogen and oxygen atoms in total. The molecule has 0 aliphatic heterocycles. The van der Waals surface area contributed by atoms with E-state index in [0.29, 0.717) is 12.5 Å². The zero-order valence-electron chi connectivity index (χ0n) is 12.2. The summed E-state index contributed by atoms with van der Waals surface area (Å²) in [6.45, 7) is 9.04. The largest absolute Gasteiger partial charge is 0.356 e. The summed E-state index contributed by atoms with van der Waals surface area (Å²) >= 11 is 0. The fourth-order valence-corrected chi connectivity index (χ4v) is 1.97. The second-order valence-electron chi connectivity index (χ2n) is 4.61. The molecule has 1 atom stereocenters. The average molecular weight is 260 g/mol. The molecule has 0 aliphatic carbocycles. The van der Waals surface area contributed by atoms with Gasteiger partial charge in [-0.2, -0.15) is 5.26 Å². The molecule has 104 valence electrons. The first kappa shape index (κ1) is 15.5. The van der Waals surface area contributed by atoms with Gasteiger partial charge in [-0.25, -0.2) is 4.98 Å². The van der Waals surface area contributed by atoms with Crippen molar-refractivity contribution in [3.8, 4) is 6.07 Å². The Labute approximate surface area is 116 Å². The Hall–Kier alpha value is -1.60. The monoisotopic (exact) mass is 260 g/mol. The van der Waals surface area contributed by atoms with Gasteiger partial charge < -0.3 is 10.2 Å². The summed E-state index contributed by atoms with van der Waals surface area (Å²) in [6.07, 6.45) is 3.51. The van der Waals surface area contributed by atoms with Crippen molar-refractivity contribution in [3.63, 3.8) is 0 Å². The molecule has 1 aromatic rings. The van der Waals surface area contributed by atoms with Crippen LogP contribution >= 0.6 is 0 Å². The summed E-state index contributed by atoms with van der Waals surface area (Å²) in [5, 5.41) is 12.2. The molecule has 0 saturated heterocycles. The number of hydrogen-bond donors (Lipinski definition) is 1. The van der Waals surface area contributed by atoms with Crippen LogP contribution in [0.25, 0.3) is 0 Å². The van der Waals surface area contributed by atoms with E-state index in [1.807, 2.05) is 6.20 Å². The maximum absolute atomic E-state index is 8.69. The van der Waals surface area contributed by atoms with E-state index in [1.54, 1.807) is 0 Å². The van der Waals surface area contributed by atoms with Crippen molar-refractivity contribution in [1.29, 1.82) is 5.26 Å². The molecule has 0 bridgehead atoms. The van der Waals surface area contributed by atoms with Gasteiger partial charge in [-0.1, -0.05) is 6.92 Å². The first-order valence-electron chi connectivity index (χ1n) is 7.04. The van der Waals surface area contributed by atoms with E-state index < -0.39 is 0 Å². The van der Waals surface area contributed by atoms with Gasteiger partial charge in [-0.05, 0) is 44.5 Å². The van der Waals surface area contributed by atoms with Crippen molar-refractivity contribution in [2.45, 2.75) is 39.7 Å². The zero-order valence-corrected chi connectivity index (χ0v) is 12.2. The number of pyridine rings is 1. The van der Waals surface area contributed by atoms with Crippen molar-refractivity contribution >= 4 is 5.82 Å². The van der Waals surface area contributed by atoms with E-state index in [0.717, 1.165) is 31.9 Å². The van der Waals surface area contributed by atoms with E-state index in [4.69, 9.17) is 5.26 Å². The molecule has 0 fully saturated rings. The number of nitriles is 1. The van der Waals surface area contributed by atoms with Crippen LogP contribution in [0.2, 0.25) is 0 Å². The highest BCUT2D eigenvalue weighted by molar-refractivity contribution is 5.41. The molecule has 0 spiro atoms. The van der Waals surface area contributed by atoms with E-state index >= 15 is 0 Å². The van der Waals surface area contributed by atoms with Gasteiger partial charge in [0.15, 0.2) is 0 Å². The van der Waals surface area contributed by atoms with E-state index in [1.165, 1.54) is 5.56 Å². The SMILES string of the molecule is CCCNC(C)c1ccnc(N(CC)CCC#N)c1. The first-order chi connectivity index (χ1) is 9.22. The quantitative estimate of drug-likeness (QED) is 0.781. The standard InChI is InChI=1S/C15H24N4/c1-4-9-17-13(3)14-7-10-18-15(12-14)19(5-2)11-6-8-16/h7,10,12-13,17H,4-6,9,11H2,1-3H3. The lowest BCUT2D eigenvalue weighted by atomic mass is 10.1. The molecular weight excluding hydrogens is 236 g/mol. The number of rotatable bonds is 8. The minimum atomic E-state index is 0.330. The van der Waals surface area contributed by atoms with Crippen LogP contribution < -0.4 is 10.2 Å². The summed E-state index contributed by atoms with van der Waals surface area (Å²) in [7, 11) is 0. The first-order valence-corrected chi connectivity index (χ1v) is 7.04. The predicted octanol–water partition coefficient (Wildman–Crippen LogP) is 2.88. The van der Waals surface area contributed by atoms with E-state index in [9.17, 15) is 0 Å². The molecule has 0 saturated carbocycles. The van der Waals surface area contributed by atoms with Crippen molar-refractivity contribution in [1.82, 2.24) is 10.3 Å². The highest BCUT2D eigenvalue weighted by atomic mass is 15.2. The van der Waals surface area contributed by atoms with Gasteiger partial charge >= 0.3 is 0 Å². The van der Waals surface area contributed by atoms with Crippen molar-refractivity contribution in [2.75, 3.05) is 24.5 Å². The second-order valence-corrected chi connectivity index (χ2v) is 4.61. The van der Waals surface area contributed by atoms with Crippen molar-refractivity contribution in [2.24, 2.45) is 0 Å². The lowest BCUT2D eigenvalue weighted by Gasteiger charge is -2.22. The Kier molecular flexibility index (Phi) is 6.91. The van der Waals surface area contributed by atoms with Gasteiger partial charge in [0.05, 0.1) is 12.5 Å². The number of nitrogens with zero attached hydrogens (tertiary/aromatic N) is 3. The minimum absolute atomic E-state index is 0.330. The zero-order chi connectivity index (χ0) is 14.1. The Morgan fingerprint density at radius 1 is 1.47 bits per heavy atom. The molecular formula is C15H24N4. The molecule has 0 amide bonds. The summed E-state index contributed by atoms with van der Waals surface area (Å²) in [5.41, 5.74) is 1.24. The van der Waals surface area contributed by atoms with Gasteiger partial charge in [0.2, 0.25) is 0 Å². The maximum Gasteiger partial charge on any atom is 0.128 e. The van der Waals surface area contributed by atoms with E-state index in [-0.39, 0.29) is 0 Å². The van der Waals surface area contributed by atoms with Gasteiger partial charge in [-0.3, -0.25) is 0 Å². The van der Waals surface area contributed by atoms with Crippen molar-refractivity contribution in [3.05, 3.63) is 23.9 Å². The van der Waals surface area contributed by atoms with Gasteiger partial charge in [0.1, 0.15) is 5.82 Å². The summed E-state index contributed by atoms with van der Waals surface area (Å²) in [6, 6.07) is 6.69. The lowest BCUT2D eigenvalue weighted by molar-refractivity contribution is 0.570. The highest BCUT2D eigenvalue weighted by Crippen LogP contribution is 2.18. The number of nitrogens with one attached hydrogen (secondary N) is 1. The smallest absolute Gasteiger partial charge is 0.128 e. The average Bonchev–Trinajstić information content (AvgIpc) is 2.46. The second kappa shape index (κ2) is 8.49. The summed E-state index contributed by atoms with van der Waals surface area (Å²) in [4.78, 5) is 6.55. The molecule has 1 heterocycles.